The van der Waals surface area contributed by atoms with Gasteiger partial charge in [0, 0.05) is 35.4 Å². The predicted molar refractivity (Wildman–Crippen MR) is 110 cm³/mol. The molecule has 0 radical (unpaired) electrons. The Morgan fingerprint density at radius 2 is 2.04 bits per heavy atom. The Balaban J connectivity index is 1.44. The number of nitrogens with one attached hydrogen (secondary N) is 1. The van der Waals surface area contributed by atoms with Crippen LogP contribution in [0.5, 0.6) is 0 Å². The van der Waals surface area contributed by atoms with E-state index in [4.69, 9.17) is 0 Å². The minimum atomic E-state index is -0.0137. The summed E-state index contributed by atoms with van der Waals surface area (Å²) >= 11 is 3.67. The Morgan fingerprint density at radius 1 is 1.19 bits per heavy atom. The van der Waals surface area contributed by atoms with Crippen LogP contribution in [0.2, 0.25) is 0 Å². The molecule has 0 saturated carbocycles. The number of imidazole rings is 1. The number of thioether (sulfide) groups is 1. The van der Waals surface area contributed by atoms with Gasteiger partial charge in [-0.3, -0.25) is 4.79 Å². The van der Waals surface area contributed by atoms with Crippen LogP contribution in [0.3, 0.4) is 0 Å². The Kier molecular flexibility index (Phi) is 4.26. The number of fused-ring (bicyclic) bond motifs is 2. The maximum absolute atomic E-state index is 13.1. The van der Waals surface area contributed by atoms with Crippen LogP contribution in [-0.4, -0.2) is 25.6 Å². The number of amides is 1. The summed E-state index contributed by atoms with van der Waals surface area (Å²) in [6.07, 6.45) is 8.88. The van der Waals surface area contributed by atoms with Gasteiger partial charge in [-0.05, 0) is 42.0 Å². The second-order valence-electron chi connectivity index (χ2n) is 6.46. The van der Waals surface area contributed by atoms with E-state index in [-0.39, 0.29) is 5.91 Å². The molecule has 0 saturated heterocycles. The zero-order valence-corrected chi connectivity index (χ0v) is 16.2. The first-order chi connectivity index (χ1) is 13.3. The number of carbonyl (C=O) groups excluding carboxylic acids is 1. The number of rotatable bonds is 4. The highest BCUT2D eigenvalue weighted by Crippen LogP contribution is 2.38. The minimum Gasteiger partial charge on any atom is -0.346 e. The summed E-state index contributed by atoms with van der Waals surface area (Å²) in [5.41, 5.74) is 3.79. The Morgan fingerprint density at radius 3 is 2.89 bits per heavy atom. The number of carbonyl (C=O) groups is 1. The van der Waals surface area contributed by atoms with Gasteiger partial charge in [0.25, 0.3) is 5.91 Å². The fourth-order valence-corrected chi connectivity index (χ4v) is 5.88. The van der Waals surface area contributed by atoms with Gasteiger partial charge < -0.3 is 14.3 Å². The average molecular weight is 395 g/mol. The molecule has 1 aliphatic heterocycles. The molecule has 0 spiro atoms. The topological polar surface area (TPSA) is 51.3 Å². The zero-order valence-electron chi connectivity index (χ0n) is 14.6. The number of pyridine rings is 1. The quantitative estimate of drug-likeness (QED) is 0.571. The van der Waals surface area contributed by atoms with E-state index in [0.29, 0.717) is 6.54 Å². The lowest BCUT2D eigenvalue weighted by atomic mass is 10.1. The lowest BCUT2D eigenvalue weighted by molar-refractivity contribution is 0.0950. The predicted octanol–water partition coefficient (Wildman–Crippen LogP) is 3.91. The molecular weight excluding hydrogens is 376 g/mol. The van der Waals surface area contributed by atoms with Crippen molar-refractivity contribution in [3.05, 3.63) is 76.8 Å². The summed E-state index contributed by atoms with van der Waals surface area (Å²) in [5.74, 6) is 2.05. The maximum Gasteiger partial charge on any atom is 0.254 e. The van der Waals surface area contributed by atoms with E-state index in [1.54, 1.807) is 11.3 Å². The molecular formula is C20H18N4OS2. The van der Waals surface area contributed by atoms with E-state index < -0.39 is 0 Å². The van der Waals surface area contributed by atoms with Gasteiger partial charge in [-0.25, -0.2) is 4.98 Å². The van der Waals surface area contributed by atoms with Crippen molar-refractivity contribution in [3.63, 3.8) is 0 Å². The molecule has 0 fully saturated rings. The highest BCUT2D eigenvalue weighted by atomic mass is 32.2. The van der Waals surface area contributed by atoms with Crippen LogP contribution in [0.15, 0.2) is 55.1 Å². The summed E-state index contributed by atoms with van der Waals surface area (Å²) in [7, 11) is 0. The van der Waals surface area contributed by atoms with E-state index >= 15 is 0 Å². The van der Waals surface area contributed by atoms with Gasteiger partial charge >= 0.3 is 0 Å². The lowest BCUT2D eigenvalue weighted by Crippen LogP contribution is -2.25. The third-order valence-electron chi connectivity index (χ3n) is 4.71. The first-order valence-electron chi connectivity index (χ1n) is 8.86. The van der Waals surface area contributed by atoms with Gasteiger partial charge in [0.1, 0.15) is 10.6 Å². The molecule has 7 heteroatoms. The third-order valence-corrected chi connectivity index (χ3v) is 7.13. The fraction of sp³-hybridized carbons (Fsp3) is 0.200. The van der Waals surface area contributed by atoms with Gasteiger partial charge in [-0.15, -0.1) is 11.3 Å². The van der Waals surface area contributed by atoms with Gasteiger partial charge in [0.2, 0.25) is 0 Å². The van der Waals surface area contributed by atoms with Crippen molar-refractivity contribution < 1.29 is 4.79 Å². The van der Waals surface area contributed by atoms with Crippen molar-refractivity contribution in [3.8, 4) is 5.00 Å². The molecule has 0 unspecified atom stereocenters. The maximum atomic E-state index is 13.1. The monoisotopic (exact) mass is 394 g/mol. The van der Waals surface area contributed by atoms with Crippen LogP contribution < -0.4 is 5.32 Å². The molecule has 0 bridgehead atoms. The van der Waals surface area contributed by atoms with Crippen LogP contribution in [0.1, 0.15) is 26.5 Å². The molecule has 5 nitrogen and oxygen atoms in total. The van der Waals surface area contributed by atoms with E-state index in [1.165, 1.54) is 10.4 Å². The van der Waals surface area contributed by atoms with Crippen LogP contribution >= 0.6 is 23.1 Å². The third kappa shape index (κ3) is 3.07. The SMILES string of the molecule is O=C(NCc1cn2ccccc2n1)c1c(-n2cccc2)sc2c1CCSC2. The van der Waals surface area contributed by atoms with Crippen molar-refractivity contribution in [2.24, 2.45) is 0 Å². The molecule has 1 aliphatic rings. The molecule has 0 aliphatic carbocycles. The number of nitrogens with zero attached hydrogens (tertiary/aromatic N) is 3. The Bertz CT molecular complexity index is 1080. The first-order valence-corrected chi connectivity index (χ1v) is 10.8. The number of hydrogen-bond acceptors (Lipinski definition) is 4. The van der Waals surface area contributed by atoms with Crippen LogP contribution in [0.25, 0.3) is 10.6 Å². The molecule has 5 rings (SSSR count). The van der Waals surface area contributed by atoms with Crippen LogP contribution in [-0.2, 0) is 18.7 Å². The van der Waals surface area contributed by atoms with E-state index in [1.807, 2.05) is 75.8 Å². The molecule has 1 N–H and O–H groups in total. The van der Waals surface area contributed by atoms with Gasteiger partial charge in [-0.2, -0.15) is 11.8 Å². The Hall–Kier alpha value is -2.51. The molecule has 4 aromatic heterocycles. The second kappa shape index (κ2) is 6.90. The minimum absolute atomic E-state index is 0.0137. The molecule has 0 atom stereocenters. The molecule has 27 heavy (non-hydrogen) atoms. The molecule has 1 amide bonds. The lowest BCUT2D eigenvalue weighted by Gasteiger charge is -2.13. The fourth-order valence-electron chi connectivity index (χ4n) is 3.44. The zero-order chi connectivity index (χ0) is 18.2. The van der Waals surface area contributed by atoms with Crippen LogP contribution in [0, 0.1) is 0 Å². The van der Waals surface area contributed by atoms with Gasteiger partial charge in [0.05, 0.1) is 17.8 Å². The van der Waals surface area contributed by atoms with Gasteiger partial charge in [-0.1, -0.05) is 6.07 Å². The number of thiophene rings is 1. The number of aromatic nitrogens is 3. The Labute approximate surface area is 165 Å². The van der Waals surface area contributed by atoms with E-state index in [9.17, 15) is 4.79 Å². The molecule has 136 valence electrons. The molecule has 4 aromatic rings. The molecule has 5 heterocycles. The first kappa shape index (κ1) is 16.6. The van der Waals surface area contributed by atoms with Crippen molar-refractivity contribution in [2.75, 3.05) is 5.75 Å². The molecule has 0 aromatic carbocycles. The normalized spacial score (nSPS) is 13.6. The van der Waals surface area contributed by atoms with E-state index in [0.717, 1.165) is 39.8 Å². The standard InChI is InChI=1S/C20H18N4OS2/c25-19(21-11-14-12-24-9-2-1-5-17(24)22-14)18-15-6-10-26-13-16(15)27-20(18)23-7-3-4-8-23/h1-5,7-9,12H,6,10-11,13H2,(H,21,25). The largest absolute Gasteiger partial charge is 0.346 e. The van der Waals surface area contributed by atoms with Crippen molar-refractivity contribution in [1.29, 1.82) is 0 Å². The van der Waals surface area contributed by atoms with Crippen molar-refractivity contribution in [1.82, 2.24) is 19.3 Å². The average Bonchev–Trinajstić information content (AvgIpc) is 3.43. The van der Waals surface area contributed by atoms with Crippen molar-refractivity contribution >= 4 is 34.7 Å². The smallest absolute Gasteiger partial charge is 0.254 e. The summed E-state index contributed by atoms with van der Waals surface area (Å²) in [4.78, 5) is 19.0. The summed E-state index contributed by atoms with van der Waals surface area (Å²) < 4.78 is 4.02. The van der Waals surface area contributed by atoms with E-state index in [2.05, 4.69) is 10.3 Å². The highest BCUT2D eigenvalue weighted by Gasteiger charge is 2.26. The van der Waals surface area contributed by atoms with Crippen molar-refractivity contribution in [2.45, 2.75) is 18.7 Å². The summed E-state index contributed by atoms with van der Waals surface area (Å²) in [6, 6.07) is 9.87. The summed E-state index contributed by atoms with van der Waals surface area (Å²) in [5, 5.41) is 4.10. The van der Waals surface area contributed by atoms with Gasteiger partial charge in [0.15, 0.2) is 0 Å². The highest BCUT2D eigenvalue weighted by molar-refractivity contribution is 7.98. The summed E-state index contributed by atoms with van der Waals surface area (Å²) in [6.45, 7) is 0.422. The number of hydrogen-bond donors (Lipinski definition) is 1. The van der Waals surface area contributed by atoms with Crippen LogP contribution in [0.4, 0.5) is 0 Å². The second-order valence-corrected chi connectivity index (χ2v) is 8.65.